The summed E-state index contributed by atoms with van der Waals surface area (Å²) in [5.41, 5.74) is 0. The van der Waals surface area contributed by atoms with Crippen LogP contribution in [-0.4, -0.2) is 368 Å². The average Bonchev–Trinajstić information content (AvgIpc) is 3.45. The summed E-state index contributed by atoms with van der Waals surface area (Å²) >= 11 is 0. The van der Waals surface area contributed by atoms with Crippen molar-refractivity contribution in [2.75, 3.05) is 46.2 Å². The lowest BCUT2D eigenvalue weighted by atomic mass is 9.95. The molecule has 0 aromatic heterocycles. The van der Waals surface area contributed by atoms with E-state index < -0.39 is 261 Å². The maximum Gasteiger partial charge on any atom is 0.187 e. The third kappa shape index (κ3) is 12.1. The van der Waals surface area contributed by atoms with E-state index in [0.717, 1.165) is 0 Å². The Bertz CT molecular complexity index is 1470. The second kappa shape index (κ2) is 26.0. The van der Waals surface area contributed by atoms with E-state index in [1.807, 2.05) is 0 Å². The van der Waals surface area contributed by atoms with Crippen molar-refractivity contribution in [1.29, 1.82) is 0 Å². The minimum atomic E-state index is -2.21. The lowest BCUT2D eigenvalue weighted by Gasteiger charge is -2.50. The normalized spacial score (nSPS) is 55.4. The fraction of sp³-hybridized carbons (Fsp3) is 1.00. The van der Waals surface area contributed by atoms with Crippen molar-refractivity contribution in [2.45, 2.75) is 215 Å². The number of hydrogen-bond acceptors (Lipinski definition) is 35. The topological polar surface area (TPSA) is 554 Å². The zero-order valence-corrected chi connectivity index (χ0v) is 40.3. The van der Waals surface area contributed by atoms with Crippen LogP contribution in [0.5, 0.6) is 0 Å². The number of rotatable bonds is 7. The van der Waals surface area contributed by atoms with E-state index in [0.29, 0.717) is 0 Å². The molecule has 35 nitrogen and oxygen atoms in total. The second-order valence-corrected chi connectivity index (χ2v) is 19.7. The molecule has 21 aliphatic heterocycles. The van der Waals surface area contributed by atoms with Crippen LogP contribution in [0.2, 0.25) is 0 Å². The average molecular weight is 1130 g/mol. The summed E-state index contributed by atoms with van der Waals surface area (Å²) in [5, 5.41) is 230. The first-order valence-electron chi connectivity index (χ1n) is 24.6. The van der Waals surface area contributed by atoms with E-state index in [4.69, 9.17) is 66.3 Å². The quantitative estimate of drug-likeness (QED) is 0.113. The summed E-state index contributed by atoms with van der Waals surface area (Å²) in [6.45, 7) is -7.33. The highest BCUT2D eigenvalue weighted by Gasteiger charge is 2.59. The molecule has 14 bridgehead atoms. The molecule has 21 saturated heterocycles. The first kappa shape index (κ1) is 61.7. The molecule has 35 atom stereocenters. The summed E-state index contributed by atoms with van der Waals surface area (Å²) < 4.78 is 79.5. The van der Waals surface area contributed by atoms with E-state index >= 15 is 0 Å². The van der Waals surface area contributed by atoms with Crippen molar-refractivity contribution in [3.05, 3.63) is 0 Å². The van der Waals surface area contributed by atoms with Crippen LogP contribution >= 0.6 is 0 Å². The van der Waals surface area contributed by atoms with Crippen molar-refractivity contribution in [1.82, 2.24) is 0 Å². The van der Waals surface area contributed by atoms with Crippen molar-refractivity contribution < 1.29 is 174 Å². The Hall–Kier alpha value is -1.40. The van der Waals surface area contributed by atoms with Gasteiger partial charge in [0.15, 0.2) is 44.0 Å². The van der Waals surface area contributed by atoms with Crippen LogP contribution in [0.4, 0.5) is 0 Å². The van der Waals surface area contributed by atoms with E-state index in [-0.39, 0.29) is 0 Å². The zero-order valence-electron chi connectivity index (χ0n) is 40.3. The number of hydrogen-bond donors (Lipinski definition) is 21. The van der Waals surface area contributed by atoms with Crippen LogP contribution in [0.25, 0.3) is 0 Å². The van der Waals surface area contributed by atoms with E-state index in [9.17, 15) is 107 Å². The van der Waals surface area contributed by atoms with Gasteiger partial charge in [-0.3, -0.25) is 0 Å². The molecule has 21 rings (SSSR count). The van der Waals surface area contributed by atoms with E-state index in [1.165, 1.54) is 0 Å². The van der Waals surface area contributed by atoms with Gasteiger partial charge in [0.05, 0.1) is 46.2 Å². The molecule has 77 heavy (non-hydrogen) atoms. The van der Waals surface area contributed by atoms with E-state index in [1.54, 1.807) is 0 Å². The Morgan fingerprint density at radius 1 is 0.156 bits per heavy atom. The maximum absolute atomic E-state index is 11.3. The summed E-state index contributed by atoms with van der Waals surface area (Å²) in [6, 6.07) is 0. The van der Waals surface area contributed by atoms with Gasteiger partial charge in [-0.25, -0.2) is 0 Å². The van der Waals surface area contributed by atoms with Crippen LogP contribution in [0.1, 0.15) is 0 Å². The van der Waals surface area contributed by atoms with Crippen molar-refractivity contribution in [2.24, 2.45) is 0 Å². The number of aliphatic hydroxyl groups is 21. The fourth-order valence-electron chi connectivity index (χ4n) is 10.4. The molecular formula is C42H70O35. The Morgan fingerprint density at radius 2 is 0.260 bits per heavy atom. The Labute approximate surface area is 434 Å². The summed E-state index contributed by atoms with van der Waals surface area (Å²) in [5.74, 6) is 0. The van der Waals surface area contributed by atoms with Gasteiger partial charge >= 0.3 is 0 Å². The van der Waals surface area contributed by atoms with Crippen LogP contribution in [-0.2, 0) is 66.3 Å². The molecule has 0 amide bonds. The van der Waals surface area contributed by atoms with Gasteiger partial charge in [0.25, 0.3) is 0 Å². The highest BCUT2D eigenvalue weighted by atomic mass is 16.8. The molecule has 0 aromatic carbocycles. The molecule has 0 radical (unpaired) electrons. The highest BCUT2D eigenvalue weighted by molar-refractivity contribution is 5.01. The molecule has 21 aliphatic rings. The minimum absolute atomic E-state index is 1.05. The van der Waals surface area contributed by atoms with Gasteiger partial charge in [0, 0.05) is 0 Å². The minimum Gasteiger partial charge on any atom is -0.394 e. The molecule has 0 unspecified atom stereocenters. The predicted molar refractivity (Wildman–Crippen MR) is 228 cm³/mol. The number of ether oxygens (including phenoxy) is 14. The summed E-state index contributed by atoms with van der Waals surface area (Å²) in [6.07, 6.45) is -70.2. The Morgan fingerprint density at radius 3 is 0.351 bits per heavy atom. The van der Waals surface area contributed by atoms with Gasteiger partial charge in [-0.05, 0) is 0 Å². The molecule has 21 fully saturated rings. The molecule has 21 heterocycles. The highest BCUT2D eigenvalue weighted by Crippen LogP contribution is 2.39. The summed E-state index contributed by atoms with van der Waals surface area (Å²) in [7, 11) is 0. The largest absolute Gasteiger partial charge is 0.394 e. The van der Waals surface area contributed by atoms with Crippen LogP contribution in [0.15, 0.2) is 0 Å². The molecule has 0 aromatic rings. The van der Waals surface area contributed by atoms with Gasteiger partial charge in [0.2, 0.25) is 0 Å². The lowest BCUT2D eigenvalue weighted by molar-refractivity contribution is -0.396. The first-order chi connectivity index (χ1) is 36.7. The Balaban J connectivity index is 1.08. The van der Waals surface area contributed by atoms with Crippen molar-refractivity contribution in [3.63, 3.8) is 0 Å². The molecule has 0 spiro atoms. The third-order valence-electron chi connectivity index (χ3n) is 14.8. The van der Waals surface area contributed by atoms with E-state index in [2.05, 4.69) is 0 Å². The van der Waals surface area contributed by atoms with Gasteiger partial charge in [-0.2, -0.15) is 0 Å². The smallest absolute Gasteiger partial charge is 0.187 e. The van der Waals surface area contributed by atoms with Gasteiger partial charge < -0.3 is 174 Å². The number of aliphatic hydroxyl groups excluding tert-OH is 21. The van der Waals surface area contributed by atoms with Crippen molar-refractivity contribution in [3.8, 4) is 0 Å². The van der Waals surface area contributed by atoms with Crippen LogP contribution < -0.4 is 0 Å². The monoisotopic (exact) mass is 1130 g/mol. The predicted octanol–water partition coefficient (Wildman–Crippen LogP) is -15.2. The fourth-order valence-corrected chi connectivity index (χ4v) is 10.4. The SMILES string of the molecule is OC[C@H]1O[C@H]2O[C@H]3[C@H](O)[C@@H](O)[C@H](O[C@H]4[C@H](O)[C@@H](O)[C@H](O[C@H]5[C@H](O)[C@@H](O)[C@H](O[C@H]6[C@@H](O)[C@H](O)[C@H](O[C@H]7[C@@H](O)[C@H](O)[C@H](O[C@H]8[C@@H](O)[C@H](O)[C@H](O[C@H]1[C@H](O)[C@H]2O)O[C@@H]8CO)O[C@@H]7CO)O[C@@H]6CO)O[C@@H]5CO)O[C@@H]4CO)O[C@@H]3CO. The van der Waals surface area contributed by atoms with Gasteiger partial charge in [0.1, 0.15) is 171 Å². The molecule has 0 saturated carbocycles. The third-order valence-corrected chi connectivity index (χ3v) is 14.8. The summed E-state index contributed by atoms with van der Waals surface area (Å²) in [4.78, 5) is 0. The van der Waals surface area contributed by atoms with Gasteiger partial charge in [-0.15, -0.1) is 0 Å². The molecule has 0 aliphatic carbocycles. The molecule has 21 N–H and O–H groups in total. The molecular weight excluding hydrogens is 1060 g/mol. The van der Waals surface area contributed by atoms with Gasteiger partial charge in [-0.1, -0.05) is 0 Å². The Kier molecular flexibility index (Phi) is 20.8. The van der Waals surface area contributed by atoms with Crippen molar-refractivity contribution >= 4 is 0 Å². The maximum atomic E-state index is 11.3. The lowest BCUT2D eigenvalue weighted by Crippen LogP contribution is -2.68. The van der Waals surface area contributed by atoms with Crippen LogP contribution in [0.3, 0.4) is 0 Å². The molecule has 35 heteroatoms. The molecule has 448 valence electrons. The zero-order chi connectivity index (χ0) is 56.1. The van der Waals surface area contributed by atoms with Crippen LogP contribution in [0, 0.1) is 0 Å². The second-order valence-electron chi connectivity index (χ2n) is 19.7. The standard InChI is InChI=1S/C42H70O35/c43-1-8-29-15(50)22(57)36(64-8)72-30-9(2-44)66-38(24(59)17(30)52)74-32-11(4-46)68-40(26(61)19(32)54)76-34-13(6-48)70-42(28(63)21(34)56)77-35-14(7-49)69-41(27(62)20(35)55)75-33-12(5-47)67-39(25(60)18(33)53)73-31-10(3-45)65-37(71-29)23(58)16(31)51/h8-63H,1-7H2/t8-,9-,10-,11-,12-,13-,14-,15-,16-,17-,18-,19+,20+,21+,22-,23-,24-,25-,26+,27+,28+,29-,30-,31-,32-,33-,34-,35-,36+,37+,38+,39+,40+,41+,42+/m1/s1. The first-order valence-corrected chi connectivity index (χ1v) is 24.6.